The average molecular weight is 311 g/mol. The molecule has 1 amide bonds. The number of alkyl carbamates (subject to hydrolysis) is 1. The maximum absolute atomic E-state index is 11.8. The first kappa shape index (κ1) is 17.5. The molecule has 1 saturated heterocycles. The minimum atomic E-state index is -0.423. The maximum atomic E-state index is 11.8. The molecular formula is C17H33N3O2. The van der Waals surface area contributed by atoms with Gasteiger partial charge in [-0.2, -0.15) is 0 Å². The van der Waals surface area contributed by atoms with E-state index < -0.39 is 5.60 Å². The van der Waals surface area contributed by atoms with Gasteiger partial charge in [-0.1, -0.05) is 6.92 Å². The van der Waals surface area contributed by atoms with Crippen LogP contribution in [0.15, 0.2) is 0 Å². The highest BCUT2D eigenvalue weighted by Crippen LogP contribution is 2.21. The molecule has 2 aliphatic rings. The molecule has 1 heterocycles. The number of nitrogens with one attached hydrogen (secondary N) is 2. The minimum absolute atomic E-state index is 0.253. The van der Waals surface area contributed by atoms with Crippen LogP contribution in [0.4, 0.5) is 4.79 Å². The van der Waals surface area contributed by atoms with Crippen LogP contribution in [-0.2, 0) is 4.74 Å². The zero-order valence-electron chi connectivity index (χ0n) is 14.7. The van der Waals surface area contributed by atoms with Gasteiger partial charge in [0.15, 0.2) is 0 Å². The fourth-order valence-corrected chi connectivity index (χ4v) is 3.47. The third-order valence-electron chi connectivity index (χ3n) is 4.67. The number of hydrogen-bond donors (Lipinski definition) is 2. The SMILES string of the molecule is CCN1CCC(CNC2CCC(NC(=O)OC(C)(C)C)C2)C1. The van der Waals surface area contributed by atoms with Gasteiger partial charge < -0.3 is 20.3 Å². The summed E-state index contributed by atoms with van der Waals surface area (Å²) >= 11 is 0. The number of carbonyl (C=O) groups is 1. The maximum Gasteiger partial charge on any atom is 0.407 e. The van der Waals surface area contributed by atoms with E-state index in [1.807, 2.05) is 20.8 Å². The van der Waals surface area contributed by atoms with Gasteiger partial charge in [0.2, 0.25) is 0 Å². The van der Waals surface area contributed by atoms with Gasteiger partial charge in [0, 0.05) is 18.6 Å². The molecule has 0 aromatic heterocycles. The number of rotatable bonds is 5. The van der Waals surface area contributed by atoms with Crippen LogP contribution in [0.25, 0.3) is 0 Å². The highest BCUT2D eigenvalue weighted by atomic mass is 16.6. The summed E-state index contributed by atoms with van der Waals surface area (Å²) in [4.78, 5) is 14.3. The Bertz CT molecular complexity index is 367. The standard InChI is InChI=1S/C17H33N3O2/c1-5-20-9-8-13(12-20)11-18-14-6-7-15(10-14)19-16(21)22-17(2,3)4/h13-15,18H,5-12H2,1-4H3,(H,19,21). The monoisotopic (exact) mass is 311 g/mol. The van der Waals surface area contributed by atoms with Crippen molar-refractivity contribution in [1.82, 2.24) is 15.5 Å². The largest absolute Gasteiger partial charge is 0.444 e. The second kappa shape index (κ2) is 7.64. The Balaban J connectivity index is 1.62. The van der Waals surface area contributed by atoms with E-state index in [4.69, 9.17) is 4.74 Å². The number of likely N-dealkylation sites (tertiary alicyclic amines) is 1. The summed E-state index contributed by atoms with van der Waals surface area (Å²) in [7, 11) is 0. The first-order valence-electron chi connectivity index (χ1n) is 8.81. The lowest BCUT2D eigenvalue weighted by atomic mass is 10.1. The van der Waals surface area contributed by atoms with Crippen molar-refractivity contribution in [3.05, 3.63) is 0 Å². The van der Waals surface area contributed by atoms with Crippen LogP contribution in [0.2, 0.25) is 0 Å². The van der Waals surface area contributed by atoms with Crippen LogP contribution in [0.1, 0.15) is 53.4 Å². The smallest absolute Gasteiger partial charge is 0.407 e. The normalized spacial score (nSPS) is 29.7. The Hall–Kier alpha value is -0.810. The van der Waals surface area contributed by atoms with Crippen LogP contribution >= 0.6 is 0 Å². The van der Waals surface area contributed by atoms with E-state index in [9.17, 15) is 4.79 Å². The summed E-state index contributed by atoms with van der Waals surface area (Å²) in [5.74, 6) is 0.790. The van der Waals surface area contributed by atoms with E-state index in [1.165, 1.54) is 26.1 Å². The molecule has 2 N–H and O–H groups in total. The Morgan fingerprint density at radius 1 is 1.23 bits per heavy atom. The summed E-state index contributed by atoms with van der Waals surface area (Å²) in [6.07, 6.45) is 4.23. The van der Waals surface area contributed by atoms with E-state index in [-0.39, 0.29) is 12.1 Å². The van der Waals surface area contributed by atoms with Crippen LogP contribution in [-0.4, -0.2) is 54.9 Å². The molecular weight excluding hydrogens is 278 g/mol. The van der Waals surface area contributed by atoms with Gasteiger partial charge in [-0.15, -0.1) is 0 Å². The number of hydrogen-bond acceptors (Lipinski definition) is 4. The summed E-state index contributed by atoms with van der Waals surface area (Å²) in [6.45, 7) is 12.7. The molecule has 3 atom stereocenters. The molecule has 5 heteroatoms. The first-order valence-corrected chi connectivity index (χ1v) is 8.81. The Morgan fingerprint density at radius 2 is 1.95 bits per heavy atom. The zero-order valence-corrected chi connectivity index (χ0v) is 14.7. The number of ether oxygens (including phenoxy) is 1. The predicted octanol–water partition coefficient (Wildman–Crippen LogP) is 2.36. The molecule has 2 fully saturated rings. The van der Waals surface area contributed by atoms with Crippen molar-refractivity contribution in [3.8, 4) is 0 Å². The van der Waals surface area contributed by atoms with Crippen LogP contribution in [0.3, 0.4) is 0 Å². The second-order valence-corrected chi connectivity index (χ2v) is 7.81. The second-order valence-electron chi connectivity index (χ2n) is 7.81. The first-order chi connectivity index (χ1) is 10.4. The van der Waals surface area contributed by atoms with Crippen molar-refractivity contribution in [2.75, 3.05) is 26.2 Å². The van der Waals surface area contributed by atoms with Gasteiger partial charge in [0.25, 0.3) is 0 Å². The quantitative estimate of drug-likeness (QED) is 0.818. The van der Waals surface area contributed by atoms with Crippen molar-refractivity contribution in [3.63, 3.8) is 0 Å². The minimum Gasteiger partial charge on any atom is -0.444 e. The molecule has 0 spiro atoms. The molecule has 5 nitrogen and oxygen atoms in total. The van der Waals surface area contributed by atoms with E-state index in [2.05, 4.69) is 22.5 Å². The average Bonchev–Trinajstić information content (AvgIpc) is 3.02. The third kappa shape index (κ3) is 5.76. The molecule has 0 radical (unpaired) electrons. The molecule has 0 aromatic carbocycles. The van der Waals surface area contributed by atoms with Gasteiger partial charge in [-0.25, -0.2) is 4.79 Å². The van der Waals surface area contributed by atoms with Crippen molar-refractivity contribution < 1.29 is 9.53 Å². The van der Waals surface area contributed by atoms with Crippen molar-refractivity contribution in [2.45, 2.75) is 71.1 Å². The Labute approximate surface area is 135 Å². The van der Waals surface area contributed by atoms with Gasteiger partial charge in [0.05, 0.1) is 0 Å². The lowest BCUT2D eigenvalue weighted by Gasteiger charge is -2.22. The number of amides is 1. The highest BCUT2D eigenvalue weighted by molar-refractivity contribution is 5.68. The third-order valence-corrected chi connectivity index (χ3v) is 4.67. The van der Waals surface area contributed by atoms with Gasteiger partial charge >= 0.3 is 6.09 Å². The summed E-state index contributed by atoms with van der Waals surface area (Å²) < 4.78 is 5.32. The number of nitrogens with zero attached hydrogens (tertiary/aromatic N) is 1. The van der Waals surface area contributed by atoms with E-state index in [0.717, 1.165) is 31.7 Å². The zero-order chi connectivity index (χ0) is 16.2. The fourth-order valence-electron chi connectivity index (χ4n) is 3.47. The molecule has 22 heavy (non-hydrogen) atoms. The summed E-state index contributed by atoms with van der Waals surface area (Å²) in [5.41, 5.74) is -0.423. The lowest BCUT2D eigenvalue weighted by molar-refractivity contribution is 0.0505. The van der Waals surface area contributed by atoms with E-state index in [0.29, 0.717) is 6.04 Å². The highest BCUT2D eigenvalue weighted by Gasteiger charge is 2.28. The fraction of sp³-hybridized carbons (Fsp3) is 0.941. The van der Waals surface area contributed by atoms with E-state index >= 15 is 0 Å². The predicted molar refractivity (Wildman–Crippen MR) is 89.0 cm³/mol. The van der Waals surface area contributed by atoms with Crippen molar-refractivity contribution in [1.29, 1.82) is 0 Å². The van der Waals surface area contributed by atoms with Gasteiger partial charge in [-0.05, 0) is 72.0 Å². The molecule has 0 bridgehead atoms. The summed E-state index contributed by atoms with van der Waals surface area (Å²) in [5, 5.41) is 6.70. The molecule has 0 aromatic rings. The van der Waals surface area contributed by atoms with Crippen molar-refractivity contribution in [2.24, 2.45) is 5.92 Å². The molecule has 1 aliphatic carbocycles. The van der Waals surface area contributed by atoms with E-state index in [1.54, 1.807) is 0 Å². The van der Waals surface area contributed by atoms with Crippen molar-refractivity contribution >= 4 is 6.09 Å². The number of carbonyl (C=O) groups excluding carboxylic acids is 1. The molecule has 128 valence electrons. The molecule has 1 saturated carbocycles. The Morgan fingerprint density at radius 3 is 2.59 bits per heavy atom. The van der Waals surface area contributed by atoms with Gasteiger partial charge in [0.1, 0.15) is 5.60 Å². The lowest BCUT2D eigenvalue weighted by Crippen LogP contribution is -2.39. The van der Waals surface area contributed by atoms with Crippen LogP contribution in [0.5, 0.6) is 0 Å². The topological polar surface area (TPSA) is 53.6 Å². The molecule has 3 unspecified atom stereocenters. The molecule has 2 rings (SSSR count). The van der Waals surface area contributed by atoms with Crippen LogP contribution < -0.4 is 10.6 Å². The van der Waals surface area contributed by atoms with Crippen LogP contribution in [0, 0.1) is 5.92 Å². The van der Waals surface area contributed by atoms with Gasteiger partial charge in [-0.3, -0.25) is 0 Å². The Kier molecular flexibility index (Phi) is 6.09. The molecule has 1 aliphatic heterocycles. The summed E-state index contributed by atoms with van der Waals surface area (Å²) in [6, 6.07) is 0.790.